The van der Waals surface area contributed by atoms with Crippen LogP contribution in [0.5, 0.6) is 5.75 Å². The highest BCUT2D eigenvalue weighted by molar-refractivity contribution is 7.99. The van der Waals surface area contributed by atoms with Gasteiger partial charge in [-0.25, -0.2) is 4.98 Å². The maximum absolute atomic E-state index is 9.10. The summed E-state index contributed by atoms with van der Waals surface area (Å²) in [5.41, 5.74) is 1.40. The zero-order chi connectivity index (χ0) is 14.6. The van der Waals surface area contributed by atoms with Crippen LogP contribution in [0.25, 0.3) is 11.0 Å². The summed E-state index contributed by atoms with van der Waals surface area (Å²) in [5.74, 6) is 1.63. The van der Waals surface area contributed by atoms with E-state index in [-0.39, 0.29) is 0 Å². The number of hydrogen-bond donors (Lipinski definition) is 2. The number of rotatable bonds is 6. The van der Waals surface area contributed by atoms with E-state index in [1.54, 1.807) is 25.9 Å². The Bertz CT molecular complexity index is 634. The molecule has 2 aromatic rings. The molecule has 1 atom stereocenters. The molecule has 2 N–H and O–H groups in total. The number of benzene rings is 1. The summed E-state index contributed by atoms with van der Waals surface area (Å²) in [6.07, 6.45) is 0.755. The second kappa shape index (κ2) is 6.16. The van der Waals surface area contributed by atoms with Crippen LogP contribution in [0.1, 0.15) is 13.3 Å². The highest BCUT2D eigenvalue weighted by Crippen LogP contribution is 2.24. The number of ether oxygens (including phenoxy) is 1. The average Bonchev–Trinajstić information content (AvgIpc) is 2.88. The van der Waals surface area contributed by atoms with Crippen molar-refractivity contribution in [1.29, 1.82) is 5.26 Å². The second-order valence-electron chi connectivity index (χ2n) is 4.72. The van der Waals surface area contributed by atoms with Crippen molar-refractivity contribution in [2.75, 3.05) is 19.9 Å². The Labute approximate surface area is 122 Å². The van der Waals surface area contributed by atoms with Crippen molar-refractivity contribution >= 4 is 22.8 Å². The number of aromatic nitrogens is 2. The van der Waals surface area contributed by atoms with Crippen LogP contribution in [0, 0.1) is 11.3 Å². The fourth-order valence-corrected chi connectivity index (χ4v) is 2.80. The van der Waals surface area contributed by atoms with Crippen molar-refractivity contribution in [3.63, 3.8) is 0 Å². The lowest BCUT2D eigenvalue weighted by Gasteiger charge is -2.19. The van der Waals surface area contributed by atoms with E-state index in [4.69, 9.17) is 10.00 Å². The molecule has 106 valence electrons. The predicted molar refractivity (Wildman–Crippen MR) is 81.1 cm³/mol. The lowest BCUT2D eigenvalue weighted by molar-refractivity contribution is 0.415. The van der Waals surface area contributed by atoms with Gasteiger partial charge in [0.05, 0.1) is 24.2 Å². The zero-order valence-corrected chi connectivity index (χ0v) is 12.7. The molecule has 1 heterocycles. The Kier molecular flexibility index (Phi) is 4.53. The summed E-state index contributed by atoms with van der Waals surface area (Å²) in [4.78, 5) is 7.77. The van der Waals surface area contributed by atoms with Crippen molar-refractivity contribution in [3.8, 4) is 11.8 Å². The number of H-pyrrole nitrogens is 1. The molecule has 5 nitrogen and oxygen atoms in total. The SMILES string of the molecule is CNC(C)(C#N)CCSc1nc2ccc(OC)cc2[nH]1. The minimum atomic E-state index is -0.484. The molecule has 0 aliphatic carbocycles. The lowest BCUT2D eigenvalue weighted by Crippen LogP contribution is -2.38. The van der Waals surface area contributed by atoms with E-state index >= 15 is 0 Å². The van der Waals surface area contributed by atoms with Gasteiger partial charge in [0.25, 0.3) is 0 Å². The van der Waals surface area contributed by atoms with Gasteiger partial charge in [0.1, 0.15) is 11.3 Å². The Morgan fingerprint density at radius 3 is 3.00 bits per heavy atom. The number of methoxy groups -OCH3 is 1. The number of aromatic amines is 1. The van der Waals surface area contributed by atoms with Gasteiger partial charge in [-0.3, -0.25) is 0 Å². The van der Waals surface area contributed by atoms with E-state index in [1.807, 2.05) is 25.1 Å². The molecule has 0 fully saturated rings. The number of hydrogen-bond acceptors (Lipinski definition) is 5. The van der Waals surface area contributed by atoms with Crippen LogP contribution in [-0.2, 0) is 0 Å². The zero-order valence-electron chi connectivity index (χ0n) is 11.9. The Morgan fingerprint density at radius 1 is 1.55 bits per heavy atom. The molecule has 0 amide bonds. The molecule has 0 radical (unpaired) electrons. The van der Waals surface area contributed by atoms with E-state index in [0.717, 1.165) is 34.1 Å². The molecule has 0 saturated heterocycles. The maximum atomic E-state index is 9.10. The Balaban J connectivity index is 2.02. The van der Waals surface area contributed by atoms with Crippen LogP contribution < -0.4 is 10.1 Å². The molecule has 1 aromatic heterocycles. The monoisotopic (exact) mass is 290 g/mol. The van der Waals surface area contributed by atoms with Crippen LogP contribution in [0.15, 0.2) is 23.4 Å². The van der Waals surface area contributed by atoms with Crippen molar-refractivity contribution in [3.05, 3.63) is 18.2 Å². The van der Waals surface area contributed by atoms with Gasteiger partial charge in [-0.1, -0.05) is 11.8 Å². The molecule has 0 spiro atoms. The molecular formula is C14H18N4OS. The fourth-order valence-electron chi connectivity index (χ4n) is 1.75. The second-order valence-corrected chi connectivity index (χ2v) is 5.80. The van der Waals surface area contributed by atoms with Crippen LogP contribution >= 0.6 is 11.8 Å². The topological polar surface area (TPSA) is 73.7 Å². The molecule has 0 aliphatic heterocycles. The van der Waals surface area contributed by atoms with Crippen molar-refractivity contribution in [2.24, 2.45) is 0 Å². The maximum Gasteiger partial charge on any atom is 0.166 e. The molecule has 20 heavy (non-hydrogen) atoms. The van der Waals surface area contributed by atoms with Gasteiger partial charge >= 0.3 is 0 Å². The van der Waals surface area contributed by atoms with Crippen molar-refractivity contribution in [1.82, 2.24) is 15.3 Å². The molecule has 6 heteroatoms. The standard InChI is InChI=1S/C14H18N4OS/c1-14(9-15,16-2)6-7-20-13-17-11-5-4-10(19-3)8-12(11)18-13/h4-5,8,16H,6-7H2,1-3H3,(H,17,18). The van der Waals surface area contributed by atoms with E-state index in [9.17, 15) is 0 Å². The van der Waals surface area contributed by atoms with Gasteiger partial charge in [0.15, 0.2) is 5.16 Å². The minimum Gasteiger partial charge on any atom is -0.497 e. The summed E-state index contributed by atoms with van der Waals surface area (Å²) < 4.78 is 5.19. The largest absolute Gasteiger partial charge is 0.497 e. The predicted octanol–water partition coefficient (Wildman–Crippen LogP) is 2.56. The summed E-state index contributed by atoms with van der Waals surface area (Å²) >= 11 is 1.62. The van der Waals surface area contributed by atoms with Crippen molar-refractivity contribution < 1.29 is 4.74 Å². The molecule has 1 unspecified atom stereocenters. The average molecular weight is 290 g/mol. The molecule has 0 saturated carbocycles. The Morgan fingerprint density at radius 2 is 2.35 bits per heavy atom. The van der Waals surface area contributed by atoms with Gasteiger partial charge in [0.2, 0.25) is 0 Å². The molecule has 0 bridgehead atoms. The molecule has 1 aromatic carbocycles. The van der Waals surface area contributed by atoms with Gasteiger partial charge in [0, 0.05) is 11.8 Å². The first-order valence-corrected chi connectivity index (χ1v) is 7.35. The number of nitriles is 1. The summed E-state index contributed by atoms with van der Waals surface area (Å²) in [7, 11) is 3.45. The molecular weight excluding hydrogens is 272 g/mol. The Hall–Kier alpha value is -1.71. The molecule has 2 rings (SSSR count). The van der Waals surface area contributed by atoms with Gasteiger partial charge < -0.3 is 15.0 Å². The van der Waals surface area contributed by atoms with Gasteiger partial charge in [-0.2, -0.15) is 5.26 Å². The van der Waals surface area contributed by atoms with Gasteiger partial charge in [-0.15, -0.1) is 0 Å². The number of thioether (sulfide) groups is 1. The van der Waals surface area contributed by atoms with E-state index < -0.39 is 5.54 Å². The summed E-state index contributed by atoms with van der Waals surface area (Å²) in [5, 5.41) is 13.0. The third kappa shape index (κ3) is 3.24. The van der Waals surface area contributed by atoms with Crippen molar-refractivity contribution in [2.45, 2.75) is 24.0 Å². The summed E-state index contributed by atoms with van der Waals surface area (Å²) in [6, 6.07) is 8.04. The quantitative estimate of drug-likeness (QED) is 0.800. The normalized spacial score (nSPS) is 13.9. The molecule has 0 aliphatic rings. The third-order valence-electron chi connectivity index (χ3n) is 3.31. The van der Waals surface area contributed by atoms with Crippen LogP contribution in [0.4, 0.5) is 0 Å². The van der Waals surface area contributed by atoms with Crippen LogP contribution in [0.3, 0.4) is 0 Å². The highest BCUT2D eigenvalue weighted by atomic mass is 32.2. The van der Waals surface area contributed by atoms with Crippen LogP contribution in [0.2, 0.25) is 0 Å². The van der Waals surface area contributed by atoms with Gasteiger partial charge in [-0.05, 0) is 32.5 Å². The van der Waals surface area contributed by atoms with Crippen LogP contribution in [-0.4, -0.2) is 35.4 Å². The third-order valence-corrected chi connectivity index (χ3v) is 4.18. The number of nitrogens with one attached hydrogen (secondary N) is 2. The number of fused-ring (bicyclic) bond motifs is 1. The first kappa shape index (κ1) is 14.7. The fraction of sp³-hybridized carbons (Fsp3) is 0.429. The highest BCUT2D eigenvalue weighted by Gasteiger charge is 2.20. The first-order valence-electron chi connectivity index (χ1n) is 6.37. The number of imidazole rings is 1. The lowest BCUT2D eigenvalue weighted by atomic mass is 10.0. The smallest absolute Gasteiger partial charge is 0.166 e. The minimum absolute atomic E-state index is 0.484. The van der Waals surface area contributed by atoms with E-state index in [0.29, 0.717) is 0 Å². The first-order chi connectivity index (χ1) is 9.60. The van der Waals surface area contributed by atoms with E-state index in [2.05, 4.69) is 21.4 Å². The summed E-state index contributed by atoms with van der Waals surface area (Å²) in [6.45, 7) is 1.90. The number of nitrogens with zero attached hydrogens (tertiary/aromatic N) is 2. The van der Waals surface area contributed by atoms with E-state index in [1.165, 1.54) is 0 Å².